The second-order valence-corrected chi connectivity index (χ2v) is 6.88. The van der Waals surface area contributed by atoms with Crippen molar-refractivity contribution in [2.45, 2.75) is 26.2 Å². The van der Waals surface area contributed by atoms with Crippen molar-refractivity contribution < 1.29 is 9.59 Å². The Morgan fingerprint density at radius 3 is 2.68 bits per heavy atom. The van der Waals surface area contributed by atoms with Gasteiger partial charge in [-0.15, -0.1) is 0 Å². The van der Waals surface area contributed by atoms with Gasteiger partial charge < -0.3 is 15.2 Å². The maximum atomic E-state index is 12.6. The zero-order valence-corrected chi connectivity index (χ0v) is 14.7. The van der Waals surface area contributed by atoms with Gasteiger partial charge in [0.1, 0.15) is 0 Å². The third kappa shape index (κ3) is 2.30. The first-order valence-electron chi connectivity index (χ1n) is 8.56. The monoisotopic (exact) mass is 335 g/mol. The van der Waals surface area contributed by atoms with E-state index in [1.807, 2.05) is 31.2 Å². The van der Waals surface area contributed by atoms with Crippen LogP contribution in [0.4, 0.5) is 5.69 Å². The predicted molar refractivity (Wildman–Crippen MR) is 98.4 cm³/mol. The molecular weight excluding hydrogens is 314 g/mol. The van der Waals surface area contributed by atoms with E-state index in [-0.39, 0.29) is 11.8 Å². The van der Waals surface area contributed by atoms with E-state index in [1.54, 1.807) is 19.0 Å². The Morgan fingerprint density at radius 1 is 1.16 bits per heavy atom. The van der Waals surface area contributed by atoms with Gasteiger partial charge in [0, 0.05) is 36.7 Å². The van der Waals surface area contributed by atoms with E-state index < -0.39 is 0 Å². The minimum Gasteiger partial charge on any atom is -0.358 e. The topological polar surface area (TPSA) is 65.2 Å². The average Bonchev–Trinajstić information content (AvgIpc) is 3.09. The molecule has 0 atom stereocenters. The summed E-state index contributed by atoms with van der Waals surface area (Å²) in [5.41, 5.74) is 7.18. The lowest BCUT2D eigenvalue weighted by molar-refractivity contribution is -0.110. The minimum atomic E-state index is -0.0585. The van der Waals surface area contributed by atoms with Crippen molar-refractivity contribution in [3.05, 3.63) is 52.3 Å². The molecule has 0 fully saturated rings. The first-order chi connectivity index (χ1) is 12.0. The van der Waals surface area contributed by atoms with Gasteiger partial charge in [0.2, 0.25) is 0 Å². The van der Waals surface area contributed by atoms with Crippen LogP contribution in [-0.4, -0.2) is 35.8 Å². The Bertz CT molecular complexity index is 934. The van der Waals surface area contributed by atoms with E-state index >= 15 is 0 Å². The summed E-state index contributed by atoms with van der Waals surface area (Å²) in [4.78, 5) is 30.2. The van der Waals surface area contributed by atoms with E-state index in [2.05, 4.69) is 10.3 Å². The van der Waals surface area contributed by atoms with E-state index in [1.165, 1.54) is 0 Å². The number of hydrogen-bond donors (Lipinski definition) is 2. The lowest BCUT2D eigenvalue weighted by atomic mass is 9.86. The van der Waals surface area contributed by atoms with Gasteiger partial charge in [0.05, 0.1) is 11.1 Å². The molecule has 2 aliphatic rings. The van der Waals surface area contributed by atoms with Crippen LogP contribution in [0.25, 0.3) is 11.1 Å². The first kappa shape index (κ1) is 15.7. The van der Waals surface area contributed by atoms with Crippen LogP contribution in [0.5, 0.6) is 0 Å². The molecule has 1 aliphatic carbocycles. The second kappa shape index (κ2) is 5.62. The lowest BCUT2D eigenvalue weighted by Crippen LogP contribution is -2.23. The number of anilines is 1. The molecule has 4 rings (SSSR count). The summed E-state index contributed by atoms with van der Waals surface area (Å²) in [5.74, 6) is -0.0469. The van der Waals surface area contributed by atoms with Crippen molar-refractivity contribution in [2.24, 2.45) is 0 Å². The first-order valence-corrected chi connectivity index (χ1v) is 8.56. The number of aromatic nitrogens is 1. The number of benzene rings is 1. The summed E-state index contributed by atoms with van der Waals surface area (Å²) in [6.07, 6.45) is 2.63. The summed E-state index contributed by atoms with van der Waals surface area (Å²) in [5, 5.41) is 2.95. The molecule has 1 aromatic carbocycles. The number of carbonyl (C=O) groups is 2. The van der Waals surface area contributed by atoms with Gasteiger partial charge in [-0.3, -0.25) is 9.59 Å². The standard InChI is InChI=1S/C20H21N3O2/c1-11-16(20(25)23(2)3)13-8-6-9-14(18(13)21-11)17-12-7-4-5-10-15(12)22-19(17)24/h4-5,7,10,21H,6,8-9H2,1-3H3,(H,22,24). The molecule has 128 valence electrons. The number of nitrogens with one attached hydrogen (secondary N) is 2. The molecule has 0 radical (unpaired) electrons. The Kier molecular flexibility index (Phi) is 3.53. The Labute approximate surface area is 146 Å². The van der Waals surface area contributed by atoms with Crippen molar-refractivity contribution in [2.75, 3.05) is 19.4 Å². The highest BCUT2D eigenvalue weighted by atomic mass is 16.2. The summed E-state index contributed by atoms with van der Waals surface area (Å²) in [6.45, 7) is 1.93. The van der Waals surface area contributed by atoms with Gasteiger partial charge in [-0.25, -0.2) is 0 Å². The van der Waals surface area contributed by atoms with Crippen LogP contribution in [0.3, 0.4) is 0 Å². The number of carbonyl (C=O) groups excluding carboxylic acids is 2. The molecule has 5 heteroatoms. The molecule has 25 heavy (non-hydrogen) atoms. The van der Waals surface area contributed by atoms with Gasteiger partial charge >= 0.3 is 0 Å². The number of para-hydroxylation sites is 1. The zero-order chi connectivity index (χ0) is 17.7. The molecule has 0 bridgehead atoms. The number of amides is 2. The van der Waals surface area contributed by atoms with Crippen LogP contribution in [0, 0.1) is 6.92 Å². The highest BCUT2D eigenvalue weighted by Crippen LogP contribution is 2.42. The van der Waals surface area contributed by atoms with E-state index in [0.29, 0.717) is 0 Å². The number of aromatic amines is 1. The quantitative estimate of drug-likeness (QED) is 0.786. The molecule has 0 saturated carbocycles. The van der Waals surface area contributed by atoms with Crippen LogP contribution < -0.4 is 5.32 Å². The fraction of sp³-hybridized carbons (Fsp3) is 0.300. The zero-order valence-electron chi connectivity index (χ0n) is 14.7. The Morgan fingerprint density at radius 2 is 1.92 bits per heavy atom. The van der Waals surface area contributed by atoms with Gasteiger partial charge in [0.25, 0.3) is 11.8 Å². The second-order valence-electron chi connectivity index (χ2n) is 6.88. The van der Waals surface area contributed by atoms with Crippen LogP contribution in [0.2, 0.25) is 0 Å². The largest absolute Gasteiger partial charge is 0.358 e. The van der Waals surface area contributed by atoms with E-state index in [0.717, 1.165) is 64.2 Å². The van der Waals surface area contributed by atoms with Crippen LogP contribution in [0.15, 0.2) is 24.3 Å². The summed E-state index contributed by atoms with van der Waals surface area (Å²) in [7, 11) is 3.54. The lowest BCUT2D eigenvalue weighted by Gasteiger charge is -2.19. The molecule has 2 N–H and O–H groups in total. The maximum Gasteiger partial charge on any atom is 0.256 e. The molecule has 1 aromatic heterocycles. The SMILES string of the molecule is Cc1[nH]c2c(c1C(=O)N(C)C)CCCC2=C1C(=O)Nc2ccccc21. The van der Waals surface area contributed by atoms with E-state index in [9.17, 15) is 9.59 Å². The average molecular weight is 335 g/mol. The smallest absolute Gasteiger partial charge is 0.256 e. The molecule has 5 nitrogen and oxygen atoms in total. The third-order valence-corrected chi connectivity index (χ3v) is 5.04. The third-order valence-electron chi connectivity index (χ3n) is 5.04. The van der Waals surface area contributed by atoms with Gasteiger partial charge in [-0.05, 0) is 43.4 Å². The van der Waals surface area contributed by atoms with Gasteiger partial charge in [-0.2, -0.15) is 0 Å². The predicted octanol–water partition coefficient (Wildman–Crippen LogP) is 3.22. The number of rotatable bonds is 1. The summed E-state index contributed by atoms with van der Waals surface area (Å²) in [6, 6.07) is 7.77. The van der Waals surface area contributed by atoms with Crippen LogP contribution in [0.1, 0.15) is 45.7 Å². The summed E-state index contributed by atoms with van der Waals surface area (Å²) < 4.78 is 0. The maximum absolute atomic E-state index is 12.6. The number of allylic oxidation sites excluding steroid dienone is 1. The molecule has 0 unspecified atom stereocenters. The molecule has 0 saturated heterocycles. The van der Waals surface area contributed by atoms with Crippen LogP contribution >= 0.6 is 0 Å². The fourth-order valence-electron chi connectivity index (χ4n) is 3.93. The highest BCUT2D eigenvalue weighted by Gasteiger charge is 2.32. The number of aryl methyl sites for hydroxylation is 1. The minimum absolute atomic E-state index is 0.0116. The molecule has 2 heterocycles. The fourth-order valence-corrected chi connectivity index (χ4v) is 3.93. The Hall–Kier alpha value is -2.82. The van der Waals surface area contributed by atoms with Crippen molar-refractivity contribution >= 4 is 28.6 Å². The number of fused-ring (bicyclic) bond motifs is 2. The normalized spacial score (nSPS) is 18.6. The van der Waals surface area contributed by atoms with Crippen molar-refractivity contribution in [3.63, 3.8) is 0 Å². The molecule has 1 aliphatic heterocycles. The van der Waals surface area contributed by atoms with Gasteiger partial charge in [0.15, 0.2) is 0 Å². The van der Waals surface area contributed by atoms with Gasteiger partial charge in [-0.1, -0.05) is 18.2 Å². The van der Waals surface area contributed by atoms with Crippen LogP contribution in [-0.2, 0) is 11.2 Å². The Balaban J connectivity index is 1.94. The number of hydrogen-bond acceptors (Lipinski definition) is 2. The molecule has 2 amide bonds. The number of nitrogens with zero attached hydrogens (tertiary/aromatic N) is 1. The highest BCUT2D eigenvalue weighted by molar-refractivity contribution is 6.36. The molecule has 0 spiro atoms. The summed E-state index contributed by atoms with van der Waals surface area (Å²) >= 11 is 0. The van der Waals surface area contributed by atoms with Crippen molar-refractivity contribution in [3.8, 4) is 0 Å². The van der Waals surface area contributed by atoms with Crippen molar-refractivity contribution in [1.29, 1.82) is 0 Å². The molecular formula is C20H21N3O2. The van der Waals surface area contributed by atoms with Crippen molar-refractivity contribution in [1.82, 2.24) is 9.88 Å². The molecule has 2 aromatic rings. The van der Waals surface area contributed by atoms with E-state index in [4.69, 9.17) is 0 Å². The number of H-pyrrole nitrogens is 1.